The van der Waals surface area contributed by atoms with E-state index in [1.165, 1.54) is 12.1 Å². The fraction of sp³-hybridized carbons (Fsp3) is 0.0400. The van der Waals surface area contributed by atoms with Crippen LogP contribution in [0, 0.1) is 6.92 Å². The average molecular weight is 492 g/mol. The molecule has 164 valence electrons. The second kappa shape index (κ2) is 8.33. The molecule has 0 amide bonds. The summed E-state index contributed by atoms with van der Waals surface area (Å²) in [5, 5.41) is 2.54. The summed E-state index contributed by atoms with van der Waals surface area (Å²) < 4.78 is 29.3. The minimum atomic E-state index is -4.01. The van der Waals surface area contributed by atoms with Gasteiger partial charge in [-0.3, -0.25) is 4.72 Å². The lowest BCUT2D eigenvalue weighted by Gasteiger charge is -2.15. The van der Waals surface area contributed by atoms with Crippen LogP contribution >= 0.6 is 24.2 Å². The molecule has 5 rings (SSSR count). The van der Waals surface area contributed by atoms with E-state index < -0.39 is 10.0 Å². The lowest BCUT2D eigenvalue weighted by Crippen LogP contribution is -2.16. The van der Waals surface area contributed by atoms with E-state index in [-0.39, 0.29) is 15.6 Å². The predicted molar refractivity (Wildman–Crippen MR) is 137 cm³/mol. The number of aromatic nitrogens is 2. The predicted octanol–water partition coefficient (Wildman–Crippen LogP) is 6.50. The number of nitrogens with zero attached hydrogens (tertiary/aromatic N) is 2. The van der Waals surface area contributed by atoms with Gasteiger partial charge in [-0.2, -0.15) is 0 Å². The molecular formula is C25H18ClN3O2S2. The summed E-state index contributed by atoms with van der Waals surface area (Å²) in [7, 11) is -4.01. The standard InChI is InChI=1S/C25H18ClN3O2S2/c1-15-12-23(22(32)14-19(15)26)33(30,31)29-25-24(27-20-8-4-5-9-21(20)28-25)18-11-10-16-6-2-3-7-17(16)13-18/h2-14,32H,1H3,(H,28,29). The van der Waals surface area contributed by atoms with Gasteiger partial charge in [-0.05, 0) is 53.6 Å². The van der Waals surface area contributed by atoms with Crippen molar-refractivity contribution in [3.05, 3.63) is 89.4 Å². The average Bonchev–Trinajstić information content (AvgIpc) is 2.80. The molecule has 5 nitrogen and oxygen atoms in total. The van der Waals surface area contributed by atoms with E-state index in [0.29, 0.717) is 27.3 Å². The lowest BCUT2D eigenvalue weighted by molar-refractivity contribution is 0.599. The van der Waals surface area contributed by atoms with E-state index in [1.807, 2.05) is 60.7 Å². The highest BCUT2D eigenvalue weighted by Crippen LogP contribution is 2.33. The number of rotatable bonds is 4. The van der Waals surface area contributed by atoms with E-state index in [2.05, 4.69) is 22.3 Å². The van der Waals surface area contributed by atoms with Crippen LogP contribution in [0.25, 0.3) is 33.1 Å². The summed E-state index contributed by atoms with van der Waals surface area (Å²) in [5.41, 5.74) is 3.07. The van der Waals surface area contributed by atoms with Gasteiger partial charge in [0.2, 0.25) is 0 Å². The Morgan fingerprint density at radius 3 is 2.27 bits per heavy atom. The summed E-state index contributed by atoms with van der Waals surface area (Å²) >= 11 is 10.5. The van der Waals surface area contributed by atoms with E-state index in [0.717, 1.165) is 16.3 Å². The van der Waals surface area contributed by atoms with Crippen LogP contribution in [0.15, 0.2) is 88.7 Å². The molecule has 0 radical (unpaired) electrons. The molecule has 0 bridgehead atoms. The van der Waals surface area contributed by atoms with Crippen molar-refractivity contribution in [2.45, 2.75) is 16.7 Å². The van der Waals surface area contributed by atoms with Crippen LogP contribution in [0.4, 0.5) is 5.82 Å². The molecule has 1 heterocycles. The monoisotopic (exact) mass is 491 g/mol. The van der Waals surface area contributed by atoms with Crippen molar-refractivity contribution < 1.29 is 8.42 Å². The number of anilines is 1. The molecule has 0 fully saturated rings. The molecule has 0 saturated heterocycles. The first-order chi connectivity index (χ1) is 15.8. The first-order valence-corrected chi connectivity index (χ1v) is 12.4. The largest absolute Gasteiger partial charge is 0.264 e. The number of aryl methyl sites for hydroxylation is 1. The smallest absolute Gasteiger partial charge is 0.261 e. The molecule has 1 aromatic heterocycles. The van der Waals surface area contributed by atoms with Gasteiger partial charge in [0.15, 0.2) is 5.82 Å². The number of sulfonamides is 1. The highest BCUT2D eigenvalue weighted by atomic mass is 35.5. The third-order valence-corrected chi connectivity index (χ3v) is 7.66. The van der Waals surface area contributed by atoms with Gasteiger partial charge in [0.25, 0.3) is 10.0 Å². The molecule has 4 aromatic carbocycles. The highest BCUT2D eigenvalue weighted by molar-refractivity contribution is 7.93. The van der Waals surface area contributed by atoms with E-state index in [4.69, 9.17) is 16.6 Å². The number of nitrogens with one attached hydrogen (secondary N) is 1. The summed E-state index contributed by atoms with van der Waals surface area (Å²) in [6.07, 6.45) is 0. The number of para-hydroxylation sites is 2. The van der Waals surface area contributed by atoms with Crippen molar-refractivity contribution in [1.29, 1.82) is 0 Å². The molecule has 1 N–H and O–H groups in total. The Kier molecular flexibility index (Phi) is 5.48. The molecule has 33 heavy (non-hydrogen) atoms. The first kappa shape index (κ1) is 21.7. The van der Waals surface area contributed by atoms with Crippen LogP contribution in [0.1, 0.15) is 5.56 Å². The Labute approximate surface area is 201 Å². The third kappa shape index (κ3) is 4.15. The fourth-order valence-corrected chi connectivity index (χ4v) is 5.62. The van der Waals surface area contributed by atoms with Crippen molar-refractivity contribution in [2.24, 2.45) is 0 Å². The van der Waals surface area contributed by atoms with Gasteiger partial charge >= 0.3 is 0 Å². The van der Waals surface area contributed by atoms with Gasteiger partial charge in [0, 0.05) is 15.5 Å². The minimum absolute atomic E-state index is 0.0205. The Morgan fingerprint density at radius 2 is 1.52 bits per heavy atom. The maximum Gasteiger partial charge on any atom is 0.264 e. The SMILES string of the molecule is Cc1cc(S(=O)(=O)Nc2nc3ccccc3nc2-c2ccc3ccccc3c2)c(S)cc1Cl. The van der Waals surface area contributed by atoms with E-state index >= 15 is 0 Å². The normalized spacial score (nSPS) is 11.7. The minimum Gasteiger partial charge on any atom is -0.261 e. The molecule has 0 aliphatic rings. The van der Waals surface area contributed by atoms with Crippen molar-refractivity contribution in [2.75, 3.05) is 4.72 Å². The topological polar surface area (TPSA) is 72.0 Å². The van der Waals surface area contributed by atoms with Gasteiger partial charge in [-0.25, -0.2) is 18.4 Å². The molecule has 8 heteroatoms. The van der Waals surface area contributed by atoms with Crippen molar-refractivity contribution in [1.82, 2.24) is 9.97 Å². The maximum atomic E-state index is 13.3. The lowest BCUT2D eigenvalue weighted by atomic mass is 10.0. The zero-order chi connectivity index (χ0) is 23.2. The quantitative estimate of drug-likeness (QED) is 0.281. The van der Waals surface area contributed by atoms with Gasteiger partial charge in [-0.15, -0.1) is 12.6 Å². The Hall–Kier alpha value is -3.13. The molecule has 0 atom stereocenters. The summed E-state index contributed by atoms with van der Waals surface area (Å²) in [4.78, 5) is 9.63. The zero-order valence-electron chi connectivity index (χ0n) is 17.4. The summed E-state index contributed by atoms with van der Waals surface area (Å²) in [5.74, 6) is 0.143. The van der Waals surface area contributed by atoms with E-state index in [9.17, 15) is 8.42 Å². The Balaban J connectivity index is 1.69. The zero-order valence-corrected chi connectivity index (χ0v) is 19.9. The van der Waals surface area contributed by atoms with Gasteiger partial charge in [0.1, 0.15) is 10.6 Å². The van der Waals surface area contributed by atoms with Gasteiger partial charge in [-0.1, -0.05) is 60.1 Å². The number of thiol groups is 1. The molecule has 0 unspecified atom stereocenters. The van der Waals surface area contributed by atoms with Gasteiger partial charge in [0.05, 0.1) is 11.0 Å². The number of halogens is 1. The second-order valence-electron chi connectivity index (χ2n) is 7.65. The molecular weight excluding hydrogens is 474 g/mol. The molecule has 0 aliphatic heterocycles. The molecule has 0 spiro atoms. The van der Waals surface area contributed by atoms with E-state index in [1.54, 1.807) is 13.0 Å². The van der Waals surface area contributed by atoms with Crippen molar-refractivity contribution in [3.8, 4) is 11.3 Å². The molecule has 0 aliphatic carbocycles. The molecule has 5 aromatic rings. The number of fused-ring (bicyclic) bond motifs is 2. The van der Waals surface area contributed by atoms with Crippen LogP contribution in [0.2, 0.25) is 5.02 Å². The fourth-order valence-electron chi connectivity index (χ4n) is 3.65. The number of hydrogen-bond acceptors (Lipinski definition) is 5. The van der Waals surface area contributed by atoms with Crippen molar-refractivity contribution in [3.63, 3.8) is 0 Å². The molecule has 0 saturated carbocycles. The van der Waals surface area contributed by atoms with Crippen LogP contribution in [0.5, 0.6) is 0 Å². The Bertz CT molecular complexity index is 1650. The Morgan fingerprint density at radius 1 is 0.848 bits per heavy atom. The third-order valence-electron chi connectivity index (χ3n) is 5.35. The van der Waals surface area contributed by atoms with Crippen LogP contribution < -0.4 is 4.72 Å². The summed E-state index contributed by atoms with van der Waals surface area (Å²) in [6, 6.07) is 24.2. The van der Waals surface area contributed by atoms with Crippen LogP contribution in [0.3, 0.4) is 0 Å². The van der Waals surface area contributed by atoms with Crippen LogP contribution in [-0.4, -0.2) is 18.4 Å². The first-order valence-electron chi connectivity index (χ1n) is 10.1. The van der Waals surface area contributed by atoms with Crippen molar-refractivity contribution >= 4 is 61.9 Å². The van der Waals surface area contributed by atoms with Crippen LogP contribution in [-0.2, 0) is 10.0 Å². The number of hydrogen-bond donors (Lipinski definition) is 2. The highest BCUT2D eigenvalue weighted by Gasteiger charge is 2.23. The summed E-state index contributed by atoms with van der Waals surface area (Å²) in [6.45, 7) is 1.74. The second-order valence-corrected chi connectivity index (χ2v) is 10.2. The maximum absolute atomic E-state index is 13.3. The van der Waals surface area contributed by atoms with Gasteiger partial charge < -0.3 is 0 Å². The number of benzene rings is 4.